The molecule has 0 atom stereocenters. The van der Waals surface area contributed by atoms with Crippen LogP contribution in [0, 0.1) is 0 Å². The maximum Gasteiger partial charge on any atom is 0 e. The van der Waals surface area contributed by atoms with Crippen LogP contribution in [0.1, 0.15) is 0 Å². The summed E-state index contributed by atoms with van der Waals surface area (Å²) in [6.07, 6.45) is 0. The number of hydrogen-bond acceptors (Lipinski definition) is 7. The molecule has 4 radical (unpaired) electrons. The summed E-state index contributed by atoms with van der Waals surface area (Å²) in [7, 11) is 0. The van der Waals surface area contributed by atoms with E-state index in [-0.39, 0.29) is 42.4 Å². The van der Waals surface area contributed by atoms with Crippen LogP contribution < -0.4 is 16.8 Å². The number of nitrogens with one attached hydrogen (secondary N) is 1. The van der Waals surface area contributed by atoms with Crippen LogP contribution in [0.2, 0.25) is 0 Å². The van der Waals surface area contributed by atoms with Gasteiger partial charge in [-0.3, -0.25) is 0 Å². The van der Waals surface area contributed by atoms with Gasteiger partial charge in [-0.1, -0.05) is 0 Å². The predicted octanol–water partition coefficient (Wildman–Crippen LogP) is -0.883. The molecule has 0 aliphatic carbocycles. The fraction of sp³-hybridized carbons (Fsp3) is 1.00. The molecule has 0 spiro atoms. The van der Waals surface area contributed by atoms with Gasteiger partial charge in [-0.15, -0.1) is 24.8 Å². The van der Waals surface area contributed by atoms with Gasteiger partial charge in [0.15, 0.2) is 0 Å². The van der Waals surface area contributed by atoms with Gasteiger partial charge in [-0.25, -0.2) is 0 Å². The van der Waals surface area contributed by atoms with Crippen LogP contribution in [0.4, 0.5) is 0 Å². The van der Waals surface area contributed by atoms with Gasteiger partial charge >= 0.3 is 0 Å². The quantitative estimate of drug-likeness (QED) is 0.286. The number of rotatable bonds is 6. The van der Waals surface area contributed by atoms with Gasteiger partial charge in [0.1, 0.15) is 0 Å². The van der Waals surface area contributed by atoms with Crippen molar-refractivity contribution in [2.24, 2.45) is 11.5 Å². The van der Waals surface area contributed by atoms with Crippen molar-refractivity contribution < 1.29 is 0 Å². The molecule has 0 saturated heterocycles. The minimum absolute atomic E-state index is 0. The molecule has 18 heavy (non-hydrogen) atoms. The zero-order valence-corrected chi connectivity index (χ0v) is 17.3. The molecule has 0 aromatic heterocycles. The van der Waals surface area contributed by atoms with E-state index < -0.39 is 0 Å². The monoisotopic (exact) mass is 433 g/mol. The Balaban J connectivity index is -0.0000000292. The predicted molar refractivity (Wildman–Crippen MR) is 100 cm³/mol. The van der Waals surface area contributed by atoms with Crippen molar-refractivity contribution in [2.75, 3.05) is 49.2 Å². The fourth-order valence-corrected chi connectivity index (χ4v) is 0.558. The fourth-order valence-electron chi connectivity index (χ4n) is 0.269. The summed E-state index contributed by atoms with van der Waals surface area (Å²) in [5.41, 5.74) is 9.85. The molecule has 0 saturated carbocycles. The van der Waals surface area contributed by atoms with E-state index in [1.54, 1.807) is 0 Å². The molecular formula is C8H23Cl2GeN3S4-4. The van der Waals surface area contributed by atoms with Crippen LogP contribution in [0.5, 0.6) is 0 Å². The number of hydrogen-bond donors (Lipinski definition) is 3. The second kappa shape index (κ2) is 50.5. The van der Waals surface area contributed by atoms with Crippen LogP contribution in [0.15, 0.2) is 0 Å². The average molecular weight is 433 g/mol. The molecule has 116 valence electrons. The molecule has 0 heterocycles. The van der Waals surface area contributed by atoms with Gasteiger partial charge in [0.25, 0.3) is 0 Å². The third-order valence-electron chi connectivity index (χ3n) is 0.793. The Morgan fingerprint density at radius 2 is 0.889 bits per heavy atom. The van der Waals surface area contributed by atoms with Gasteiger partial charge in [-0.2, -0.15) is 23.0 Å². The molecule has 5 N–H and O–H groups in total. The molecule has 0 aromatic carbocycles. The Morgan fingerprint density at radius 1 is 0.667 bits per heavy atom. The molecule has 0 rings (SSSR count). The topological polar surface area (TPSA) is 64.1 Å². The van der Waals surface area contributed by atoms with Crippen LogP contribution >= 0.6 is 24.8 Å². The summed E-state index contributed by atoms with van der Waals surface area (Å²) >= 11 is 18.2. The normalized spacial score (nSPS) is 7.00. The van der Waals surface area contributed by atoms with E-state index in [1.165, 1.54) is 0 Å². The average Bonchev–Trinajstić information content (AvgIpc) is 2.30. The molecule has 0 amide bonds. The molecule has 0 aliphatic heterocycles. The summed E-state index contributed by atoms with van der Waals surface area (Å²) in [5.74, 6) is 2.94. The molecule has 0 fully saturated rings. The zero-order chi connectivity index (χ0) is 12.4. The molecule has 0 aromatic rings. The number of halogens is 2. The van der Waals surface area contributed by atoms with Crippen LogP contribution in [0.3, 0.4) is 0 Å². The third-order valence-corrected chi connectivity index (χ3v) is 1.67. The van der Waals surface area contributed by atoms with Gasteiger partial charge in [0, 0.05) is 17.6 Å². The second-order valence-corrected chi connectivity index (χ2v) is 3.78. The Labute approximate surface area is 158 Å². The minimum Gasteiger partial charge on any atom is -0.791 e. The maximum atomic E-state index is 4.92. The largest absolute Gasteiger partial charge is 0.791 e. The molecule has 10 heteroatoms. The Hall–Kier alpha value is 2.40. The zero-order valence-electron chi connectivity index (χ0n) is 10.3. The molecule has 0 unspecified atom stereocenters. The van der Waals surface area contributed by atoms with E-state index in [9.17, 15) is 0 Å². The van der Waals surface area contributed by atoms with Gasteiger partial charge in [-0.05, 0) is 26.2 Å². The summed E-state index contributed by atoms with van der Waals surface area (Å²) in [4.78, 5) is 0. The number of nitrogens with two attached hydrogens (primary N) is 2. The summed E-state index contributed by atoms with van der Waals surface area (Å²) in [6, 6.07) is 0. The molecule has 3 nitrogen and oxygen atoms in total. The Morgan fingerprint density at radius 3 is 1.00 bits per heavy atom. The van der Waals surface area contributed by atoms with Gasteiger partial charge in [0.2, 0.25) is 0 Å². The van der Waals surface area contributed by atoms with Crippen molar-refractivity contribution in [1.82, 2.24) is 5.32 Å². The van der Waals surface area contributed by atoms with Crippen LogP contribution in [0.25, 0.3) is 0 Å². The molecule has 0 aliphatic rings. The Kier molecular flexibility index (Phi) is 104. The molecule has 0 bridgehead atoms. The van der Waals surface area contributed by atoms with E-state index in [0.717, 1.165) is 24.6 Å². The van der Waals surface area contributed by atoms with Crippen molar-refractivity contribution in [1.29, 1.82) is 0 Å². The third kappa shape index (κ3) is 78.9. The SMILES string of the molecule is Cl.Cl.NCC[S-].NCC[S-].[Ge].[S-]CCNCC[S-]. The van der Waals surface area contributed by atoms with E-state index >= 15 is 0 Å². The summed E-state index contributed by atoms with van der Waals surface area (Å²) < 4.78 is 0. The van der Waals surface area contributed by atoms with Crippen LogP contribution in [-0.4, -0.2) is 66.8 Å². The standard InChI is InChI=1S/C4H11NS2.2C2H7NS.2ClH.Ge/c6-3-1-5-2-4-7;2*3-1-2-4;;;/h5-7H,1-4H2;2*4H,1-3H2;2*1H;/p-4. The molecular weight excluding hydrogens is 410 g/mol. The van der Waals surface area contributed by atoms with Crippen LogP contribution in [-0.2, 0) is 50.5 Å². The first kappa shape index (κ1) is 37.0. The second-order valence-electron chi connectivity index (χ2n) is 2.14. The van der Waals surface area contributed by atoms with Crippen molar-refractivity contribution in [2.45, 2.75) is 0 Å². The Bertz CT molecular complexity index is 81.4. The van der Waals surface area contributed by atoms with Gasteiger partial charge < -0.3 is 67.3 Å². The van der Waals surface area contributed by atoms with Gasteiger partial charge in [0.05, 0.1) is 0 Å². The minimum atomic E-state index is 0. The van der Waals surface area contributed by atoms with Crippen molar-refractivity contribution >= 4 is 92.9 Å². The smallest absolute Gasteiger partial charge is 0 e. The maximum absolute atomic E-state index is 4.92. The van der Waals surface area contributed by atoms with Crippen molar-refractivity contribution in [3.63, 3.8) is 0 Å². The van der Waals surface area contributed by atoms with E-state index in [4.69, 9.17) is 11.5 Å². The van der Waals surface area contributed by atoms with Crippen molar-refractivity contribution in [3.05, 3.63) is 0 Å². The van der Waals surface area contributed by atoms with E-state index in [1.807, 2.05) is 0 Å². The summed E-state index contributed by atoms with van der Waals surface area (Å²) in [5, 5.41) is 3.08. The van der Waals surface area contributed by atoms with Crippen molar-refractivity contribution in [3.8, 4) is 0 Å². The van der Waals surface area contributed by atoms with E-state index in [0.29, 0.717) is 24.6 Å². The summed E-state index contributed by atoms with van der Waals surface area (Å²) in [6.45, 7) is 3.11. The first-order valence-electron chi connectivity index (χ1n) is 4.68. The first-order valence-corrected chi connectivity index (χ1v) is 6.99. The van der Waals surface area contributed by atoms with E-state index in [2.05, 4.69) is 55.8 Å². The first-order chi connectivity index (χ1) is 7.24.